The van der Waals surface area contributed by atoms with Crippen molar-refractivity contribution in [3.05, 3.63) is 24.7 Å². The fourth-order valence-corrected chi connectivity index (χ4v) is 1.36. The smallest absolute Gasteiger partial charge is 0.164 e. The molecule has 2 aromatic rings. The Morgan fingerprint density at radius 1 is 1.38 bits per heavy atom. The summed E-state index contributed by atoms with van der Waals surface area (Å²) in [7, 11) is 0. The summed E-state index contributed by atoms with van der Waals surface area (Å²) in [5, 5.41) is 0.396. The molecule has 0 N–H and O–H groups in total. The van der Waals surface area contributed by atoms with Crippen LogP contribution in [0.2, 0.25) is 5.15 Å². The minimum atomic E-state index is 0.396. The molecule has 0 bridgehead atoms. The van der Waals surface area contributed by atoms with Gasteiger partial charge in [-0.05, 0) is 6.42 Å². The van der Waals surface area contributed by atoms with E-state index in [1.807, 2.05) is 4.57 Å². The number of imidazole rings is 1. The minimum Gasteiger partial charge on any atom is -0.315 e. The van der Waals surface area contributed by atoms with E-state index < -0.39 is 0 Å². The largest absolute Gasteiger partial charge is 0.315 e. The summed E-state index contributed by atoms with van der Waals surface area (Å²) in [6, 6.07) is 0. The third-order valence-corrected chi connectivity index (χ3v) is 2.03. The lowest BCUT2D eigenvalue weighted by Gasteiger charge is -1.98. The van der Waals surface area contributed by atoms with Crippen molar-refractivity contribution in [1.29, 1.82) is 0 Å². The number of nitrogens with zero attached hydrogens (tertiary/aromatic N) is 4. The summed E-state index contributed by atoms with van der Waals surface area (Å²) in [6.07, 6.45) is 3.94. The van der Waals surface area contributed by atoms with Crippen molar-refractivity contribution in [1.82, 2.24) is 19.5 Å². The monoisotopic (exact) mass is 195 g/mol. The first-order valence-corrected chi connectivity index (χ1v) is 4.31. The van der Waals surface area contributed by atoms with Gasteiger partial charge < -0.3 is 4.57 Å². The third kappa shape index (κ3) is 1.37. The predicted octanol–water partition coefficient (Wildman–Crippen LogP) is 1.70. The Morgan fingerprint density at radius 2 is 2.23 bits per heavy atom. The number of halogens is 1. The molecule has 0 amide bonds. The number of hydrogen-bond acceptors (Lipinski definition) is 3. The molecular weight excluding hydrogens is 188 g/mol. The van der Waals surface area contributed by atoms with Crippen molar-refractivity contribution in [2.45, 2.75) is 13.0 Å². The molecule has 0 unspecified atom stereocenters. The SMILES string of the molecule is [CH2]CCn1cnc2c(Cl)ncnc21. The average Bonchev–Trinajstić information content (AvgIpc) is 2.51. The Bertz CT molecular complexity index is 423. The molecule has 0 aliphatic carbocycles. The first-order chi connectivity index (χ1) is 6.33. The van der Waals surface area contributed by atoms with Gasteiger partial charge in [-0.2, -0.15) is 0 Å². The van der Waals surface area contributed by atoms with Crippen LogP contribution < -0.4 is 0 Å². The highest BCUT2D eigenvalue weighted by molar-refractivity contribution is 6.33. The summed E-state index contributed by atoms with van der Waals surface area (Å²) >= 11 is 5.83. The molecule has 0 fully saturated rings. The molecule has 0 aliphatic rings. The van der Waals surface area contributed by atoms with Gasteiger partial charge in [0.2, 0.25) is 0 Å². The molecule has 0 aromatic carbocycles. The standard InChI is InChI=1S/C8H8ClN4/c1-2-3-13-5-12-6-7(9)10-4-11-8(6)13/h4-5H,1-3H2. The fourth-order valence-electron chi connectivity index (χ4n) is 1.19. The van der Waals surface area contributed by atoms with E-state index in [9.17, 15) is 0 Å². The summed E-state index contributed by atoms with van der Waals surface area (Å²) in [4.78, 5) is 12.1. The van der Waals surface area contributed by atoms with Crippen LogP contribution in [0.1, 0.15) is 6.42 Å². The Hall–Kier alpha value is -1.16. The molecule has 1 radical (unpaired) electrons. The quantitative estimate of drug-likeness (QED) is 0.686. The molecule has 67 valence electrons. The molecule has 5 heteroatoms. The molecule has 0 spiro atoms. The first-order valence-electron chi connectivity index (χ1n) is 3.93. The van der Waals surface area contributed by atoms with E-state index in [-0.39, 0.29) is 0 Å². The average molecular weight is 196 g/mol. The van der Waals surface area contributed by atoms with Crippen molar-refractivity contribution < 1.29 is 0 Å². The number of hydrogen-bond donors (Lipinski definition) is 0. The maximum Gasteiger partial charge on any atom is 0.164 e. The van der Waals surface area contributed by atoms with Gasteiger partial charge in [0.15, 0.2) is 10.8 Å². The van der Waals surface area contributed by atoms with E-state index in [0.717, 1.165) is 18.6 Å². The van der Waals surface area contributed by atoms with Crippen LogP contribution in [-0.4, -0.2) is 19.5 Å². The maximum absolute atomic E-state index is 5.83. The summed E-state index contributed by atoms with van der Waals surface area (Å²) < 4.78 is 1.91. The van der Waals surface area contributed by atoms with Gasteiger partial charge >= 0.3 is 0 Å². The molecule has 2 rings (SSSR count). The van der Waals surface area contributed by atoms with Crippen LogP contribution in [0, 0.1) is 6.92 Å². The molecular formula is C8H8ClN4. The van der Waals surface area contributed by atoms with Crippen molar-refractivity contribution in [3.8, 4) is 0 Å². The molecule has 13 heavy (non-hydrogen) atoms. The van der Waals surface area contributed by atoms with Crippen LogP contribution in [0.25, 0.3) is 11.2 Å². The van der Waals surface area contributed by atoms with E-state index in [4.69, 9.17) is 11.6 Å². The molecule has 0 saturated carbocycles. The van der Waals surface area contributed by atoms with E-state index in [1.165, 1.54) is 6.33 Å². The Morgan fingerprint density at radius 3 is 3.00 bits per heavy atom. The summed E-state index contributed by atoms with van der Waals surface area (Å²) in [6.45, 7) is 4.56. The van der Waals surface area contributed by atoms with Crippen LogP contribution in [0.3, 0.4) is 0 Å². The first kappa shape index (κ1) is 8.44. The second-order valence-electron chi connectivity index (χ2n) is 2.63. The lowest BCUT2D eigenvalue weighted by atomic mass is 10.4. The van der Waals surface area contributed by atoms with Crippen LogP contribution >= 0.6 is 11.6 Å². The van der Waals surface area contributed by atoms with Crippen LogP contribution in [0.4, 0.5) is 0 Å². The zero-order valence-electron chi connectivity index (χ0n) is 6.94. The van der Waals surface area contributed by atoms with Crippen LogP contribution in [-0.2, 0) is 6.54 Å². The Balaban J connectivity index is 2.61. The molecule has 2 aromatic heterocycles. The van der Waals surface area contributed by atoms with Gasteiger partial charge in [-0.15, -0.1) is 0 Å². The number of aryl methyl sites for hydroxylation is 1. The highest BCUT2D eigenvalue weighted by Gasteiger charge is 2.06. The second kappa shape index (κ2) is 3.30. The van der Waals surface area contributed by atoms with Crippen molar-refractivity contribution in [2.24, 2.45) is 0 Å². The van der Waals surface area contributed by atoms with Crippen LogP contribution in [0.15, 0.2) is 12.7 Å². The van der Waals surface area contributed by atoms with E-state index in [1.54, 1.807) is 6.33 Å². The fraction of sp³-hybridized carbons (Fsp3) is 0.250. The van der Waals surface area contributed by atoms with E-state index >= 15 is 0 Å². The second-order valence-corrected chi connectivity index (χ2v) is 2.99. The Kier molecular flexibility index (Phi) is 2.14. The molecule has 0 aliphatic heterocycles. The van der Waals surface area contributed by atoms with Gasteiger partial charge in [0, 0.05) is 6.54 Å². The number of aromatic nitrogens is 4. The molecule has 0 atom stereocenters. The summed E-state index contributed by atoms with van der Waals surface area (Å²) in [5.41, 5.74) is 1.42. The van der Waals surface area contributed by atoms with Crippen molar-refractivity contribution in [3.63, 3.8) is 0 Å². The van der Waals surface area contributed by atoms with Gasteiger partial charge in [0.1, 0.15) is 11.8 Å². The minimum absolute atomic E-state index is 0.396. The molecule has 0 saturated heterocycles. The maximum atomic E-state index is 5.83. The molecule has 4 nitrogen and oxygen atoms in total. The summed E-state index contributed by atoms with van der Waals surface area (Å²) in [5.74, 6) is 0. The van der Waals surface area contributed by atoms with E-state index in [2.05, 4.69) is 21.9 Å². The third-order valence-electron chi connectivity index (χ3n) is 1.76. The van der Waals surface area contributed by atoms with Gasteiger partial charge in [0.05, 0.1) is 6.33 Å². The normalized spacial score (nSPS) is 10.9. The van der Waals surface area contributed by atoms with Crippen molar-refractivity contribution >= 4 is 22.8 Å². The van der Waals surface area contributed by atoms with Gasteiger partial charge in [-0.25, -0.2) is 15.0 Å². The predicted molar refractivity (Wildman–Crippen MR) is 50.3 cm³/mol. The van der Waals surface area contributed by atoms with Gasteiger partial charge in [-0.1, -0.05) is 18.5 Å². The van der Waals surface area contributed by atoms with E-state index in [0.29, 0.717) is 10.7 Å². The Labute approximate surface area is 80.6 Å². The lowest BCUT2D eigenvalue weighted by molar-refractivity contribution is 0.721. The number of rotatable bonds is 2. The van der Waals surface area contributed by atoms with Gasteiger partial charge in [0.25, 0.3) is 0 Å². The lowest BCUT2D eigenvalue weighted by Crippen LogP contribution is -1.96. The van der Waals surface area contributed by atoms with Crippen LogP contribution in [0.5, 0.6) is 0 Å². The number of fused-ring (bicyclic) bond motifs is 1. The molecule has 2 heterocycles. The highest BCUT2D eigenvalue weighted by atomic mass is 35.5. The zero-order valence-corrected chi connectivity index (χ0v) is 7.70. The highest BCUT2D eigenvalue weighted by Crippen LogP contribution is 2.16. The van der Waals surface area contributed by atoms with Crippen molar-refractivity contribution in [2.75, 3.05) is 0 Å². The van der Waals surface area contributed by atoms with Gasteiger partial charge in [-0.3, -0.25) is 0 Å². The topological polar surface area (TPSA) is 43.6 Å². The zero-order chi connectivity index (χ0) is 9.26.